The minimum absolute atomic E-state index is 0.0410. The van der Waals surface area contributed by atoms with Crippen molar-refractivity contribution in [3.63, 3.8) is 0 Å². The molecule has 0 spiro atoms. The first-order chi connectivity index (χ1) is 18.3. The number of carbonyl (C=O) groups is 1. The lowest BCUT2D eigenvalue weighted by atomic mass is 9.97. The Morgan fingerprint density at radius 2 is 1.28 bits per heavy atom. The molecule has 1 aliphatic heterocycles. The summed E-state index contributed by atoms with van der Waals surface area (Å²) in [4.78, 5) is 19.5. The molecule has 1 aromatic heterocycles. The summed E-state index contributed by atoms with van der Waals surface area (Å²) in [5.41, 5.74) is -1.54. The monoisotopic (exact) mass is 559 g/mol. The Labute approximate surface area is 219 Å². The van der Waals surface area contributed by atoms with Crippen LogP contribution in [0.25, 0.3) is 0 Å². The van der Waals surface area contributed by atoms with Crippen LogP contribution in [-0.4, -0.2) is 42.2 Å². The zero-order chi connectivity index (χ0) is 28.8. The number of halogens is 7. The fourth-order valence-corrected chi connectivity index (χ4v) is 3.78. The molecule has 0 N–H and O–H groups in total. The van der Waals surface area contributed by atoms with Gasteiger partial charge in [0.1, 0.15) is 17.2 Å². The van der Waals surface area contributed by atoms with E-state index in [1.807, 2.05) is 0 Å². The van der Waals surface area contributed by atoms with E-state index < -0.39 is 36.7 Å². The lowest BCUT2D eigenvalue weighted by molar-refractivity contribution is -0.141. The summed E-state index contributed by atoms with van der Waals surface area (Å²) in [6.07, 6.45) is -4.59. The zero-order valence-electron chi connectivity index (χ0n) is 20.7. The van der Waals surface area contributed by atoms with Gasteiger partial charge in [-0.05, 0) is 62.4 Å². The van der Waals surface area contributed by atoms with Gasteiger partial charge >= 0.3 is 25.4 Å². The van der Waals surface area contributed by atoms with Crippen molar-refractivity contribution in [2.45, 2.75) is 38.8 Å². The molecule has 2 amide bonds. The minimum atomic E-state index is -4.59. The molecule has 6 nitrogen and oxygen atoms in total. The molecular weight excluding hydrogens is 535 g/mol. The SMILES string of the molecule is CC(C)(c1cccc(C(F)(F)F)n1)N1CCN(c2ccc(OC(F)F)cc2)C1=O.FC(F)Oc1ccccc1. The Hall–Kier alpha value is -4.03. The van der Waals surface area contributed by atoms with Gasteiger partial charge in [-0.1, -0.05) is 24.3 Å². The number of alkyl halides is 7. The Morgan fingerprint density at radius 1 is 0.744 bits per heavy atom. The van der Waals surface area contributed by atoms with Crippen LogP contribution in [0, 0.1) is 0 Å². The summed E-state index contributed by atoms with van der Waals surface area (Å²) in [5.74, 6) is 0.151. The fraction of sp³-hybridized carbons (Fsp3) is 0.308. The van der Waals surface area contributed by atoms with Crippen LogP contribution in [0.1, 0.15) is 25.2 Å². The summed E-state index contributed by atoms with van der Waals surface area (Å²) in [5, 5.41) is 0. The van der Waals surface area contributed by atoms with Crippen molar-refractivity contribution in [3.05, 3.63) is 84.2 Å². The number of rotatable bonds is 7. The van der Waals surface area contributed by atoms with Gasteiger partial charge in [0.25, 0.3) is 0 Å². The fourth-order valence-electron chi connectivity index (χ4n) is 3.78. The molecule has 1 aliphatic rings. The van der Waals surface area contributed by atoms with E-state index in [2.05, 4.69) is 14.5 Å². The van der Waals surface area contributed by atoms with Crippen LogP contribution < -0.4 is 14.4 Å². The highest BCUT2D eigenvalue weighted by atomic mass is 19.4. The Balaban J connectivity index is 0.000000353. The first-order valence-corrected chi connectivity index (χ1v) is 11.5. The van der Waals surface area contributed by atoms with Gasteiger partial charge in [0, 0.05) is 18.8 Å². The normalized spacial score (nSPS) is 14.0. The molecule has 0 bridgehead atoms. The van der Waals surface area contributed by atoms with Gasteiger partial charge in [0.15, 0.2) is 0 Å². The molecule has 2 aromatic carbocycles. The van der Waals surface area contributed by atoms with E-state index in [0.29, 0.717) is 5.69 Å². The number of amides is 2. The van der Waals surface area contributed by atoms with Crippen molar-refractivity contribution in [3.8, 4) is 11.5 Å². The number of ether oxygens (including phenoxy) is 2. The van der Waals surface area contributed by atoms with Crippen molar-refractivity contribution < 1.29 is 45.0 Å². The molecule has 13 heteroatoms. The molecule has 1 fully saturated rings. The number of benzene rings is 2. The number of aromatic nitrogens is 1. The molecule has 1 saturated heterocycles. The van der Waals surface area contributed by atoms with Crippen molar-refractivity contribution in [2.24, 2.45) is 0 Å². The van der Waals surface area contributed by atoms with Crippen molar-refractivity contribution in [1.82, 2.24) is 9.88 Å². The standard InChI is InChI=1S/C19H18F5N3O2.C7H6F2O/c1-18(2,14-4-3-5-15(25-14)19(22,23)24)27-11-10-26(17(27)28)12-6-8-13(9-7-12)29-16(20)21;8-7(9)10-6-4-2-1-3-5-6/h3-9,16H,10-11H2,1-2H3;1-5,7H. The number of urea groups is 1. The molecular formula is C26H24F7N3O3. The van der Waals surface area contributed by atoms with E-state index in [0.717, 1.165) is 6.07 Å². The van der Waals surface area contributed by atoms with Crippen LogP contribution in [0.2, 0.25) is 0 Å². The highest BCUT2D eigenvalue weighted by Crippen LogP contribution is 2.35. The average molecular weight is 559 g/mol. The number of nitrogens with zero attached hydrogens (tertiary/aromatic N) is 3. The number of hydrogen-bond donors (Lipinski definition) is 0. The van der Waals surface area contributed by atoms with Gasteiger partial charge in [-0.3, -0.25) is 4.90 Å². The molecule has 0 atom stereocenters. The first kappa shape index (κ1) is 29.5. The zero-order valence-corrected chi connectivity index (χ0v) is 20.7. The van der Waals surface area contributed by atoms with Crippen LogP contribution in [-0.2, 0) is 11.7 Å². The van der Waals surface area contributed by atoms with E-state index in [4.69, 9.17) is 0 Å². The summed E-state index contributed by atoms with van der Waals surface area (Å²) >= 11 is 0. The van der Waals surface area contributed by atoms with Crippen molar-refractivity contribution in [2.75, 3.05) is 18.0 Å². The molecule has 4 rings (SSSR count). The number of carbonyl (C=O) groups excluding carboxylic acids is 1. The third kappa shape index (κ3) is 7.74. The molecule has 210 valence electrons. The highest BCUT2D eigenvalue weighted by molar-refractivity contribution is 5.94. The van der Waals surface area contributed by atoms with Crippen LogP contribution >= 0.6 is 0 Å². The summed E-state index contributed by atoms with van der Waals surface area (Å²) in [6.45, 7) is -1.89. The van der Waals surface area contributed by atoms with E-state index in [1.54, 1.807) is 32.0 Å². The van der Waals surface area contributed by atoms with Gasteiger partial charge in [-0.15, -0.1) is 0 Å². The van der Waals surface area contributed by atoms with Gasteiger partial charge in [-0.2, -0.15) is 30.7 Å². The van der Waals surface area contributed by atoms with Crippen LogP contribution in [0.4, 0.5) is 41.2 Å². The third-order valence-electron chi connectivity index (χ3n) is 5.69. The van der Waals surface area contributed by atoms with Gasteiger partial charge in [0.2, 0.25) is 0 Å². The molecule has 0 aliphatic carbocycles. The third-order valence-corrected chi connectivity index (χ3v) is 5.69. The molecule has 0 unspecified atom stereocenters. The Morgan fingerprint density at radius 3 is 1.82 bits per heavy atom. The second-order valence-corrected chi connectivity index (χ2v) is 8.61. The van der Waals surface area contributed by atoms with Crippen LogP contribution in [0.5, 0.6) is 11.5 Å². The molecule has 3 aromatic rings. The van der Waals surface area contributed by atoms with Gasteiger partial charge < -0.3 is 14.4 Å². The molecule has 39 heavy (non-hydrogen) atoms. The van der Waals surface area contributed by atoms with Gasteiger partial charge in [-0.25, -0.2) is 9.78 Å². The first-order valence-electron chi connectivity index (χ1n) is 11.5. The van der Waals surface area contributed by atoms with E-state index >= 15 is 0 Å². The minimum Gasteiger partial charge on any atom is -0.435 e. The van der Waals surface area contributed by atoms with E-state index in [1.165, 1.54) is 58.3 Å². The second-order valence-electron chi connectivity index (χ2n) is 8.61. The quantitative estimate of drug-likeness (QED) is 0.288. The maximum absolute atomic E-state index is 13.0. The topological polar surface area (TPSA) is 54.9 Å². The smallest absolute Gasteiger partial charge is 0.433 e. The Kier molecular flexibility index (Phi) is 9.25. The lowest BCUT2D eigenvalue weighted by Gasteiger charge is -2.35. The number of hydrogen-bond acceptors (Lipinski definition) is 4. The van der Waals surface area contributed by atoms with Crippen LogP contribution in [0.15, 0.2) is 72.8 Å². The second kappa shape index (κ2) is 12.2. The maximum atomic E-state index is 13.0. The van der Waals surface area contributed by atoms with E-state index in [-0.39, 0.29) is 30.3 Å². The average Bonchev–Trinajstić information content (AvgIpc) is 3.26. The largest absolute Gasteiger partial charge is 0.435 e. The van der Waals surface area contributed by atoms with Crippen molar-refractivity contribution in [1.29, 1.82) is 0 Å². The predicted octanol–water partition coefficient (Wildman–Crippen LogP) is 7.17. The number of anilines is 1. The molecule has 0 saturated carbocycles. The number of pyridine rings is 1. The highest BCUT2D eigenvalue weighted by Gasteiger charge is 2.42. The Bertz CT molecular complexity index is 1220. The van der Waals surface area contributed by atoms with E-state index in [9.17, 15) is 35.5 Å². The lowest BCUT2D eigenvalue weighted by Crippen LogP contribution is -2.45. The summed E-state index contributed by atoms with van der Waals surface area (Å²) in [6, 6.07) is 16.7. The molecule has 0 radical (unpaired) electrons. The predicted molar refractivity (Wildman–Crippen MR) is 128 cm³/mol. The summed E-state index contributed by atoms with van der Waals surface area (Å²) in [7, 11) is 0. The summed E-state index contributed by atoms with van der Waals surface area (Å²) < 4.78 is 94.9. The van der Waals surface area contributed by atoms with Gasteiger partial charge in [0.05, 0.1) is 11.2 Å². The molecule has 2 heterocycles. The van der Waals surface area contributed by atoms with Crippen LogP contribution in [0.3, 0.4) is 0 Å². The van der Waals surface area contributed by atoms with Crippen molar-refractivity contribution >= 4 is 11.7 Å². The maximum Gasteiger partial charge on any atom is 0.433 e. The number of para-hydroxylation sites is 1.